The average molecular weight is 409 g/mol. The van der Waals surface area contributed by atoms with E-state index in [1.54, 1.807) is 31.2 Å². The Hall–Kier alpha value is -1.83. The van der Waals surface area contributed by atoms with Crippen molar-refractivity contribution in [2.24, 2.45) is 0 Å². The van der Waals surface area contributed by atoms with Crippen molar-refractivity contribution >= 4 is 29.2 Å². The number of urea groups is 1. The monoisotopic (exact) mass is 408 g/mol. The summed E-state index contributed by atoms with van der Waals surface area (Å²) in [5.74, 6) is 0.101. The number of hydrogen-bond acceptors (Lipinski definition) is 4. The van der Waals surface area contributed by atoms with E-state index < -0.39 is 0 Å². The van der Waals surface area contributed by atoms with Gasteiger partial charge in [0.1, 0.15) is 0 Å². The number of nitrogens with zero attached hydrogens (tertiary/aromatic N) is 3. The molecule has 3 rings (SSSR count). The molecule has 154 valence electrons. The third-order valence-electron chi connectivity index (χ3n) is 5.47. The molecule has 0 bridgehead atoms. The van der Waals surface area contributed by atoms with Crippen LogP contribution in [0, 0.1) is 0 Å². The van der Waals surface area contributed by atoms with Gasteiger partial charge in [0.2, 0.25) is 5.91 Å². The van der Waals surface area contributed by atoms with Crippen molar-refractivity contribution in [1.82, 2.24) is 14.7 Å². The number of likely N-dealkylation sites (tertiary alicyclic amines) is 1. The summed E-state index contributed by atoms with van der Waals surface area (Å²) in [5, 5.41) is 3.63. The summed E-state index contributed by atoms with van der Waals surface area (Å²) in [6.07, 6.45) is 1.60. The lowest BCUT2D eigenvalue weighted by Gasteiger charge is -2.39. The Balaban J connectivity index is 1.63. The molecule has 0 saturated carbocycles. The summed E-state index contributed by atoms with van der Waals surface area (Å²) in [7, 11) is 0. The second kappa shape index (κ2) is 10.1. The zero-order chi connectivity index (χ0) is 19.9. The molecule has 2 fully saturated rings. The molecule has 2 saturated heterocycles. The van der Waals surface area contributed by atoms with Crippen LogP contribution in [0.15, 0.2) is 24.3 Å². The van der Waals surface area contributed by atoms with E-state index in [1.165, 1.54) is 0 Å². The third-order valence-corrected chi connectivity index (χ3v) is 5.72. The van der Waals surface area contributed by atoms with Gasteiger partial charge in [0.25, 0.3) is 0 Å². The van der Waals surface area contributed by atoms with Crippen LogP contribution in [-0.2, 0) is 9.53 Å². The standard InChI is InChI=1S/C20H29ClN4O3/c1-16(26)24-8-6-19(7-9-24)25(11-10-23-12-14-28-15-13-23)20(27)22-18-4-2-17(21)3-5-18/h2-5,19H,6-15H2,1H3,(H,22,27). The Morgan fingerprint density at radius 3 is 2.39 bits per heavy atom. The number of halogens is 1. The highest BCUT2D eigenvalue weighted by atomic mass is 35.5. The molecule has 2 heterocycles. The van der Waals surface area contributed by atoms with E-state index in [2.05, 4.69) is 10.2 Å². The molecule has 2 aliphatic rings. The molecular formula is C20H29ClN4O3. The van der Waals surface area contributed by atoms with Gasteiger partial charge < -0.3 is 19.9 Å². The zero-order valence-electron chi connectivity index (χ0n) is 16.4. The minimum atomic E-state index is -0.100. The van der Waals surface area contributed by atoms with Crippen molar-refractivity contribution in [2.45, 2.75) is 25.8 Å². The van der Waals surface area contributed by atoms with Gasteiger partial charge in [-0.05, 0) is 37.1 Å². The highest BCUT2D eigenvalue weighted by Gasteiger charge is 2.29. The fourth-order valence-corrected chi connectivity index (χ4v) is 3.87. The van der Waals surface area contributed by atoms with E-state index in [0.717, 1.165) is 51.4 Å². The van der Waals surface area contributed by atoms with E-state index >= 15 is 0 Å². The maximum atomic E-state index is 13.0. The number of carbonyl (C=O) groups excluding carboxylic acids is 2. The number of anilines is 1. The lowest BCUT2D eigenvalue weighted by atomic mass is 10.0. The number of amides is 3. The van der Waals surface area contributed by atoms with Crippen molar-refractivity contribution in [3.05, 3.63) is 29.3 Å². The highest BCUT2D eigenvalue weighted by molar-refractivity contribution is 6.30. The Morgan fingerprint density at radius 2 is 1.79 bits per heavy atom. The van der Waals surface area contributed by atoms with Gasteiger partial charge in [0.05, 0.1) is 13.2 Å². The lowest BCUT2D eigenvalue weighted by molar-refractivity contribution is -0.130. The van der Waals surface area contributed by atoms with Gasteiger partial charge in [-0.1, -0.05) is 11.6 Å². The van der Waals surface area contributed by atoms with E-state index in [4.69, 9.17) is 16.3 Å². The molecule has 1 aromatic carbocycles. The van der Waals surface area contributed by atoms with Crippen LogP contribution in [0.2, 0.25) is 5.02 Å². The first-order valence-corrected chi connectivity index (χ1v) is 10.3. The number of rotatable bonds is 5. The second-order valence-electron chi connectivity index (χ2n) is 7.32. The highest BCUT2D eigenvalue weighted by Crippen LogP contribution is 2.19. The van der Waals surface area contributed by atoms with Crippen molar-refractivity contribution in [2.75, 3.05) is 57.8 Å². The smallest absolute Gasteiger partial charge is 0.322 e. The van der Waals surface area contributed by atoms with Gasteiger partial charge in [-0.15, -0.1) is 0 Å². The summed E-state index contributed by atoms with van der Waals surface area (Å²) >= 11 is 5.94. The summed E-state index contributed by atoms with van der Waals surface area (Å²) < 4.78 is 5.41. The third kappa shape index (κ3) is 5.83. The normalized spacial score (nSPS) is 18.7. The molecule has 1 aromatic rings. The molecule has 0 spiro atoms. The number of nitrogens with one attached hydrogen (secondary N) is 1. The van der Waals surface area contributed by atoms with E-state index in [0.29, 0.717) is 24.7 Å². The van der Waals surface area contributed by atoms with E-state index in [1.807, 2.05) is 9.80 Å². The topological polar surface area (TPSA) is 65.1 Å². The van der Waals surface area contributed by atoms with Crippen molar-refractivity contribution < 1.29 is 14.3 Å². The molecular weight excluding hydrogens is 380 g/mol. The molecule has 7 nitrogen and oxygen atoms in total. The Kier molecular flexibility index (Phi) is 7.53. The first-order valence-electron chi connectivity index (χ1n) is 9.92. The van der Waals surface area contributed by atoms with Crippen molar-refractivity contribution in [3.8, 4) is 0 Å². The van der Waals surface area contributed by atoms with Crippen LogP contribution in [0.5, 0.6) is 0 Å². The Labute approximate surface area is 171 Å². The number of carbonyl (C=O) groups is 2. The van der Waals surface area contributed by atoms with Crippen LogP contribution in [-0.4, -0.2) is 85.2 Å². The maximum Gasteiger partial charge on any atom is 0.322 e. The molecule has 28 heavy (non-hydrogen) atoms. The van der Waals surface area contributed by atoms with Crippen LogP contribution >= 0.6 is 11.6 Å². The summed E-state index contributed by atoms with van der Waals surface area (Å²) in [5.41, 5.74) is 0.729. The number of piperidine rings is 1. The molecule has 0 radical (unpaired) electrons. The van der Waals surface area contributed by atoms with Crippen LogP contribution in [0.25, 0.3) is 0 Å². The van der Waals surface area contributed by atoms with Gasteiger partial charge >= 0.3 is 6.03 Å². The Bertz CT molecular complexity index is 656. The van der Waals surface area contributed by atoms with Crippen LogP contribution in [0.1, 0.15) is 19.8 Å². The molecule has 0 atom stereocenters. The fourth-order valence-electron chi connectivity index (χ4n) is 3.74. The number of benzene rings is 1. The molecule has 8 heteroatoms. The molecule has 2 aliphatic heterocycles. The molecule has 0 unspecified atom stereocenters. The van der Waals surface area contributed by atoms with E-state index in [-0.39, 0.29) is 18.0 Å². The quantitative estimate of drug-likeness (QED) is 0.813. The molecule has 0 aromatic heterocycles. The molecule has 3 amide bonds. The summed E-state index contributed by atoms with van der Waals surface area (Å²) in [6.45, 7) is 7.76. The number of ether oxygens (including phenoxy) is 1. The molecule has 0 aliphatic carbocycles. The fraction of sp³-hybridized carbons (Fsp3) is 0.600. The summed E-state index contributed by atoms with van der Waals surface area (Å²) in [6, 6.07) is 7.17. The van der Waals surface area contributed by atoms with Gasteiger partial charge in [0, 0.05) is 62.9 Å². The van der Waals surface area contributed by atoms with Crippen LogP contribution in [0.4, 0.5) is 10.5 Å². The Morgan fingerprint density at radius 1 is 1.14 bits per heavy atom. The largest absolute Gasteiger partial charge is 0.379 e. The summed E-state index contributed by atoms with van der Waals surface area (Å²) in [4.78, 5) is 30.8. The first kappa shape index (κ1) is 20.9. The van der Waals surface area contributed by atoms with Gasteiger partial charge in [-0.25, -0.2) is 4.79 Å². The zero-order valence-corrected chi connectivity index (χ0v) is 17.2. The van der Waals surface area contributed by atoms with Crippen molar-refractivity contribution in [1.29, 1.82) is 0 Å². The number of hydrogen-bond donors (Lipinski definition) is 1. The van der Waals surface area contributed by atoms with Crippen LogP contribution < -0.4 is 5.32 Å². The second-order valence-corrected chi connectivity index (χ2v) is 7.76. The van der Waals surface area contributed by atoms with Gasteiger partial charge in [0.15, 0.2) is 0 Å². The van der Waals surface area contributed by atoms with Gasteiger partial charge in [-0.2, -0.15) is 0 Å². The van der Waals surface area contributed by atoms with E-state index in [9.17, 15) is 9.59 Å². The average Bonchev–Trinajstić information content (AvgIpc) is 2.71. The van der Waals surface area contributed by atoms with Crippen LogP contribution in [0.3, 0.4) is 0 Å². The predicted octanol–water partition coefficient (Wildman–Crippen LogP) is 2.52. The van der Waals surface area contributed by atoms with Crippen molar-refractivity contribution in [3.63, 3.8) is 0 Å². The SMILES string of the molecule is CC(=O)N1CCC(N(CCN2CCOCC2)C(=O)Nc2ccc(Cl)cc2)CC1. The lowest BCUT2D eigenvalue weighted by Crippen LogP contribution is -2.52. The number of morpholine rings is 1. The first-order chi connectivity index (χ1) is 13.5. The van der Waals surface area contributed by atoms with Gasteiger partial charge in [-0.3, -0.25) is 9.69 Å². The minimum absolute atomic E-state index is 0.100. The maximum absolute atomic E-state index is 13.0. The predicted molar refractivity (Wildman–Crippen MR) is 110 cm³/mol. The minimum Gasteiger partial charge on any atom is -0.379 e. The molecule has 1 N–H and O–H groups in total.